The molecule has 0 N–H and O–H groups in total. The second-order valence-electron chi connectivity index (χ2n) is 25.1. The quantitative estimate of drug-likeness (QED) is 0.165. The Morgan fingerprint density at radius 2 is 0.849 bits per heavy atom. The molecule has 360 valence electrons. The average Bonchev–Trinajstić information content (AvgIpc) is 4.02. The fourth-order valence-corrected chi connectivity index (χ4v) is 15.2. The molecule has 10 aromatic rings. The summed E-state index contributed by atoms with van der Waals surface area (Å²) >= 11 is 0. The van der Waals surface area contributed by atoms with Crippen molar-refractivity contribution in [2.75, 3.05) is 14.7 Å². The largest absolute Gasteiger partial charge is 0.454 e. The Kier molecular flexibility index (Phi) is 8.39. The van der Waals surface area contributed by atoms with E-state index in [4.69, 9.17) is 8.83 Å². The number of para-hydroxylation sites is 5. The first-order valence-corrected chi connectivity index (χ1v) is 26.8. The maximum atomic E-state index is 7.36. The third-order valence-electron chi connectivity index (χ3n) is 18.8. The van der Waals surface area contributed by atoms with Crippen LogP contribution in [0.2, 0.25) is 0 Å². The average molecular weight is 952 g/mol. The van der Waals surface area contributed by atoms with Crippen LogP contribution in [0.5, 0.6) is 0 Å². The Labute approximate surface area is 429 Å². The summed E-state index contributed by atoms with van der Waals surface area (Å²) in [5, 5.41) is 4.58. The summed E-state index contributed by atoms with van der Waals surface area (Å²) in [4.78, 5) is 7.98. The normalized spacial score (nSPS) is 20.4. The predicted octanol–water partition coefficient (Wildman–Crippen LogP) is 16.5. The molecule has 2 aromatic heterocycles. The standard InChI is InChI=1S/C67H62BN3O2/c1-63(2,3)47-28-15-21-40-42-23-17-33-52(61(42)72-59(40)47)69-50-31-19-26-45-56(50)68-57-46(65(45,7)8)27-20-32-51(57)70(53-34-18-24-43-41-22-16-29-48(64(4,5)6)60(41)73-62(43)53)55-38-39(37-54(69)58(55)68)71-49-30-12-11-25-44(49)66(9)35-13-14-36-67(66,71)10/h11-12,15-34,37-38H,13-14,35-36H2,1-10H3. The predicted molar refractivity (Wildman–Crippen MR) is 307 cm³/mol. The summed E-state index contributed by atoms with van der Waals surface area (Å²) in [7, 11) is 0. The van der Waals surface area contributed by atoms with Crippen LogP contribution < -0.4 is 31.1 Å². The zero-order valence-electron chi connectivity index (χ0n) is 43.9. The Hall–Kier alpha value is -7.18. The van der Waals surface area contributed by atoms with Crippen molar-refractivity contribution in [1.82, 2.24) is 0 Å². The van der Waals surface area contributed by atoms with Crippen molar-refractivity contribution in [3.8, 4) is 0 Å². The molecule has 0 saturated heterocycles. The summed E-state index contributed by atoms with van der Waals surface area (Å²) in [6.45, 7) is 23.7. The smallest absolute Gasteiger partial charge is 0.252 e. The number of furan rings is 2. The van der Waals surface area contributed by atoms with E-state index in [9.17, 15) is 0 Å². The minimum Gasteiger partial charge on any atom is -0.454 e. The van der Waals surface area contributed by atoms with Crippen molar-refractivity contribution in [3.05, 3.63) is 173 Å². The lowest BCUT2D eigenvalue weighted by Crippen LogP contribution is -2.67. The molecule has 0 spiro atoms. The zero-order chi connectivity index (χ0) is 49.9. The molecule has 4 aliphatic heterocycles. The first-order valence-electron chi connectivity index (χ1n) is 26.8. The van der Waals surface area contributed by atoms with Crippen LogP contribution in [0.3, 0.4) is 0 Å². The van der Waals surface area contributed by atoms with Gasteiger partial charge >= 0.3 is 0 Å². The number of hydrogen-bond donors (Lipinski definition) is 0. The molecular weight excluding hydrogens is 890 g/mol. The molecule has 1 saturated carbocycles. The maximum absolute atomic E-state index is 7.36. The molecule has 0 bridgehead atoms. The summed E-state index contributed by atoms with van der Waals surface area (Å²) in [5.74, 6) is 0. The molecular formula is C67H62BN3O2. The van der Waals surface area contributed by atoms with E-state index in [1.165, 1.54) is 91.2 Å². The van der Waals surface area contributed by atoms with Gasteiger partial charge in [-0.1, -0.05) is 178 Å². The van der Waals surface area contributed by atoms with Gasteiger partial charge in [-0.3, -0.25) is 0 Å². The number of rotatable bonds is 3. The molecule has 1 aliphatic carbocycles. The monoisotopic (exact) mass is 951 g/mol. The van der Waals surface area contributed by atoms with E-state index >= 15 is 0 Å². The van der Waals surface area contributed by atoms with Gasteiger partial charge in [0.25, 0.3) is 6.71 Å². The molecule has 2 atom stereocenters. The molecule has 5 aliphatic rings. The summed E-state index contributed by atoms with van der Waals surface area (Å²) < 4.78 is 14.7. The van der Waals surface area contributed by atoms with Crippen LogP contribution in [-0.2, 0) is 21.7 Å². The molecule has 0 radical (unpaired) electrons. The highest BCUT2D eigenvalue weighted by Gasteiger charge is 2.59. The zero-order valence-corrected chi connectivity index (χ0v) is 43.9. The van der Waals surface area contributed by atoms with E-state index < -0.39 is 0 Å². The van der Waals surface area contributed by atoms with E-state index in [2.05, 4.69) is 230 Å². The second kappa shape index (κ2) is 14.1. The van der Waals surface area contributed by atoms with Crippen LogP contribution in [0.15, 0.2) is 154 Å². The first-order chi connectivity index (χ1) is 35.0. The number of anilines is 8. The fourth-order valence-electron chi connectivity index (χ4n) is 15.2. The lowest BCUT2D eigenvalue weighted by molar-refractivity contribution is 0.195. The molecule has 5 nitrogen and oxygen atoms in total. The minimum absolute atomic E-state index is 0.0110. The van der Waals surface area contributed by atoms with Crippen molar-refractivity contribution in [1.29, 1.82) is 0 Å². The summed E-state index contributed by atoms with van der Waals surface area (Å²) in [5.41, 5.74) is 23.2. The van der Waals surface area contributed by atoms with Crippen LogP contribution in [0.4, 0.5) is 45.5 Å². The van der Waals surface area contributed by atoms with Gasteiger partial charge in [-0.15, -0.1) is 0 Å². The molecule has 2 unspecified atom stereocenters. The van der Waals surface area contributed by atoms with Crippen LogP contribution in [0.25, 0.3) is 43.9 Å². The van der Waals surface area contributed by atoms with Crippen LogP contribution in [0, 0.1) is 0 Å². The summed E-state index contributed by atoms with van der Waals surface area (Å²) in [6, 6.07) is 55.7. The van der Waals surface area contributed by atoms with Crippen molar-refractivity contribution in [2.45, 2.75) is 122 Å². The van der Waals surface area contributed by atoms with Gasteiger partial charge in [0.1, 0.15) is 11.2 Å². The number of benzene rings is 8. The fraction of sp³-hybridized carbons (Fsp3) is 0.284. The third-order valence-corrected chi connectivity index (χ3v) is 18.8. The molecule has 6 heterocycles. The highest BCUT2D eigenvalue weighted by Crippen LogP contribution is 2.62. The Balaban J connectivity index is 1.10. The first kappa shape index (κ1) is 43.4. The lowest BCUT2D eigenvalue weighted by Gasteiger charge is -2.52. The van der Waals surface area contributed by atoms with Gasteiger partial charge in [-0.2, -0.15) is 0 Å². The highest BCUT2D eigenvalue weighted by molar-refractivity contribution is 7.01. The van der Waals surface area contributed by atoms with E-state index in [1.807, 2.05) is 0 Å². The van der Waals surface area contributed by atoms with Gasteiger partial charge in [-0.05, 0) is 106 Å². The number of hydrogen-bond acceptors (Lipinski definition) is 5. The molecule has 6 heteroatoms. The van der Waals surface area contributed by atoms with Gasteiger partial charge in [0.2, 0.25) is 0 Å². The van der Waals surface area contributed by atoms with E-state index in [-0.39, 0.29) is 33.9 Å². The SMILES string of the molecule is CC(C)(C)c1cccc2c1oc1c(N3c4cc(N5c6ccccc6C6(C)CCCCC56C)cc5c4B4c6c3cccc6C(C)(C)c3cccc(c34)N5c3cccc4c3oc3c(C(C)(C)C)cccc34)cccc12. The van der Waals surface area contributed by atoms with Gasteiger partial charge in [0.05, 0.1) is 16.9 Å². The Bertz CT molecular complexity index is 3850. The number of nitrogens with zero attached hydrogens (tertiary/aromatic N) is 3. The Morgan fingerprint density at radius 1 is 0.425 bits per heavy atom. The van der Waals surface area contributed by atoms with Crippen molar-refractivity contribution in [2.24, 2.45) is 0 Å². The van der Waals surface area contributed by atoms with Crippen LogP contribution in [-0.4, -0.2) is 12.3 Å². The topological polar surface area (TPSA) is 36.0 Å². The Morgan fingerprint density at radius 3 is 1.37 bits per heavy atom. The van der Waals surface area contributed by atoms with Gasteiger partial charge < -0.3 is 23.5 Å². The van der Waals surface area contributed by atoms with Crippen molar-refractivity contribution >= 4 is 112 Å². The summed E-state index contributed by atoms with van der Waals surface area (Å²) in [6.07, 6.45) is 4.70. The van der Waals surface area contributed by atoms with E-state index in [0.29, 0.717) is 0 Å². The van der Waals surface area contributed by atoms with Crippen molar-refractivity contribution in [3.63, 3.8) is 0 Å². The molecule has 73 heavy (non-hydrogen) atoms. The van der Waals surface area contributed by atoms with Gasteiger partial charge in [0, 0.05) is 77.6 Å². The second-order valence-corrected chi connectivity index (χ2v) is 25.1. The molecule has 0 amide bonds. The maximum Gasteiger partial charge on any atom is 0.252 e. The molecule has 8 aromatic carbocycles. The van der Waals surface area contributed by atoms with E-state index in [1.54, 1.807) is 0 Å². The molecule has 15 rings (SSSR count). The van der Waals surface area contributed by atoms with Gasteiger partial charge in [0.15, 0.2) is 11.2 Å². The van der Waals surface area contributed by atoms with Crippen molar-refractivity contribution < 1.29 is 8.83 Å². The lowest BCUT2D eigenvalue weighted by atomic mass is 9.28. The third kappa shape index (κ3) is 5.39. The van der Waals surface area contributed by atoms with Crippen LogP contribution in [0.1, 0.15) is 123 Å². The molecule has 1 fully saturated rings. The highest BCUT2D eigenvalue weighted by atomic mass is 16.3. The minimum atomic E-state index is -0.293. The number of fused-ring (bicyclic) bond motifs is 9. The van der Waals surface area contributed by atoms with Crippen LogP contribution >= 0.6 is 0 Å². The van der Waals surface area contributed by atoms with Gasteiger partial charge in [-0.25, -0.2) is 0 Å². The van der Waals surface area contributed by atoms with E-state index in [0.717, 1.165) is 68.1 Å².